The zero-order valence-corrected chi connectivity index (χ0v) is 13.7. The maximum Gasteiger partial charge on any atom is 0.272 e. The third-order valence-electron chi connectivity index (χ3n) is 3.77. The summed E-state index contributed by atoms with van der Waals surface area (Å²) in [6.07, 6.45) is 0.129. The number of carbonyl (C=O) groups is 3. The molecule has 0 spiro atoms. The lowest BCUT2D eigenvalue weighted by Crippen LogP contribution is -2.48. The van der Waals surface area contributed by atoms with Crippen molar-refractivity contribution in [1.29, 1.82) is 0 Å². The Morgan fingerprint density at radius 2 is 1.81 bits per heavy atom. The molecule has 1 aliphatic rings. The molecule has 3 amide bonds. The molecular formula is C18H16FN3O4. The molecule has 2 N–H and O–H groups in total. The summed E-state index contributed by atoms with van der Waals surface area (Å²) in [5.41, 5.74) is 4.60. The third-order valence-corrected chi connectivity index (χ3v) is 3.77. The van der Waals surface area contributed by atoms with Crippen molar-refractivity contribution >= 4 is 23.4 Å². The molecular weight excluding hydrogens is 341 g/mol. The molecule has 1 heterocycles. The van der Waals surface area contributed by atoms with Crippen molar-refractivity contribution in [1.82, 2.24) is 10.9 Å². The van der Waals surface area contributed by atoms with Gasteiger partial charge in [-0.15, -0.1) is 0 Å². The van der Waals surface area contributed by atoms with Gasteiger partial charge >= 0.3 is 0 Å². The Labute approximate surface area is 148 Å². The van der Waals surface area contributed by atoms with E-state index in [9.17, 15) is 18.8 Å². The van der Waals surface area contributed by atoms with E-state index in [0.29, 0.717) is 11.4 Å². The molecule has 0 bridgehead atoms. The monoisotopic (exact) mass is 357 g/mol. The average molecular weight is 357 g/mol. The molecule has 0 atom stereocenters. The minimum atomic E-state index is -0.789. The summed E-state index contributed by atoms with van der Waals surface area (Å²) < 4.78 is 19.1. The van der Waals surface area contributed by atoms with E-state index in [4.69, 9.17) is 4.74 Å². The standard InChI is InChI=1S/C18H16FN3O4/c19-13-6-2-1-5-12(13)18(25)21-20-16(23)11-22-14-7-3-4-8-15(14)26-10-9-17(22)24/h1-8H,9-11H2,(H,20,23)(H,21,25). The highest BCUT2D eigenvalue weighted by atomic mass is 19.1. The number of nitrogens with zero attached hydrogens (tertiary/aromatic N) is 1. The number of hydrogen-bond acceptors (Lipinski definition) is 4. The normalized spacial score (nSPS) is 13.3. The van der Waals surface area contributed by atoms with Gasteiger partial charge in [-0.05, 0) is 24.3 Å². The Bertz CT molecular complexity index is 856. The first-order chi connectivity index (χ1) is 12.6. The Morgan fingerprint density at radius 3 is 2.62 bits per heavy atom. The van der Waals surface area contributed by atoms with E-state index in [1.165, 1.54) is 23.1 Å². The number of halogens is 1. The van der Waals surface area contributed by atoms with Gasteiger partial charge in [-0.1, -0.05) is 24.3 Å². The van der Waals surface area contributed by atoms with Crippen molar-refractivity contribution in [3.05, 3.63) is 59.9 Å². The van der Waals surface area contributed by atoms with Gasteiger partial charge in [0.15, 0.2) is 0 Å². The molecule has 0 saturated carbocycles. The van der Waals surface area contributed by atoms with Crippen molar-refractivity contribution in [2.75, 3.05) is 18.1 Å². The number of fused-ring (bicyclic) bond motifs is 1. The molecule has 2 aromatic carbocycles. The Morgan fingerprint density at radius 1 is 1.08 bits per heavy atom. The number of ether oxygens (including phenoxy) is 1. The van der Waals surface area contributed by atoms with Crippen LogP contribution in [0.4, 0.5) is 10.1 Å². The first-order valence-electron chi connectivity index (χ1n) is 7.92. The van der Waals surface area contributed by atoms with Crippen LogP contribution >= 0.6 is 0 Å². The SMILES string of the molecule is O=C(CN1C(=O)CCOc2ccccc21)NNC(=O)c1ccccc1F. The molecule has 26 heavy (non-hydrogen) atoms. The number of para-hydroxylation sites is 2. The molecule has 0 saturated heterocycles. The maximum atomic E-state index is 13.6. The van der Waals surface area contributed by atoms with Gasteiger partial charge in [0, 0.05) is 0 Å². The summed E-state index contributed by atoms with van der Waals surface area (Å²) in [6, 6.07) is 12.3. The largest absolute Gasteiger partial charge is 0.491 e. The summed E-state index contributed by atoms with van der Waals surface area (Å²) in [6.45, 7) is -0.0885. The number of anilines is 1. The van der Waals surface area contributed by atoms with Gasteiger partial charge in [0.1, 0.15) is 18.1 Å². The number of rotatable bonds is 3. The molecule has 1 aliphatic heterocycles. The van der Waals surface area contributed by atoms with Gasteiger partial charge in [0.25, 0.3) is 11.8 Å². The lowest BCUT2D eigenvalue weighted by molar-refractivity contribution is -0.124. The van der Waals surface area contributed by atoms with E-state index in [-0.39, 0.29) is 31.0 Å². The highest BCUT2D eigenvalue weighted by Gasteiger charge is 2.25. The Hall–Kier alpha value is -3.42. The van der Waals surface area contributed by atoms with Crippen molar-refractivity contribution in [3.8, 4) is 5.75 Å². The molecule has 3 rings (SSSR count). The number of hydrazine groups is 1. The zero-order chi connectivity index (χ0) is 18.5. The fourth-order valence-corrected chi connectivity index (χ4v) is 2.52. The second-order valence-electron chi connectivity index (χ2n) is 5.53. The van der Waals surface area contributed by atoms with E-state index in [2.05, 4.69) is 10.9 Å². The molecule has 2 aromatic rings. The van der Waals surface area contributed by atoms with Gasteiger partial charge < -0.3 is 4.74 Å². The summed E-state index contributed by atoms with van der Waals surface area (Å²) in [5.74, 6) is -1.89. The van der Waals surface area contributed by atoms with Gasteiger partial charge in [-0.2, -0.15) is 0 Å². The van der Waals surface area contributed by atoms with Crippen LogP contribution in [0.5, 0.6) is 5.75 Å². The van der Waals surface area contributed by atoms with Crippen LogP contribution in [0, 0.1) is 5.82 Å². The first kappa shape index (κ1) is 17.4. The van der Waals surface area contributed by atoms with Crippen LogP contribution in [0.15, 0.2) is 48.5 Å². The molecule has 0 fully saturated rings. The van der Waals surface area contributed by atoms with Crippen molar-refractivity contribution in [2.45, 2.75) is 6.42 Å². The highest BCUT2D eigenvalue weighted by Crippen LogP contribution is 2.30. The molecule has 0 aromatic heterocycles. The summed E-state index contributed by atoms with van der Waals surface area (Å²) in [5, 5.41) is 0. The first-order valence-corrected chi connectivity index (χ1v) is 7.92. The lowest BCUT2D eigenvalue weighted by atomic mass is 10.2. The van der Waals surface area contributed by atoms with Gasteiger partial charge in [0.05, 0.1) is 24.3 Å². The van der Waals surface area contributed by atoms with E-state index in [1.54, 1.807) is 24.3 Å². The number of benzene rings is 2. The molecule has 8 heteroatoms. The van der Waals surface area contributed by atoms with Crippen LogP contribution in [0.1, 0.15) is 16.8 Å². The average Bonchev–Trinajstić information content (AvgIpc) is 2.79. The predicted molar refractivity (Wildman–Crippen MR) is 90.9 cm³/mol. The van der Waals surface area contributed by atoms with E-state index < -0.39 is 17.6 Å². The minimum Gasteiger partial charge on any atom is -0.491 e. The van der Waals surface area contributed by atoms with Gasteiger partial charge in [-0.3, -0.25) is 30.1 Å². The molecule has 134 valence electrons. The summed E-state index contributed by atoms with van der Waals surface area (Å²) >= 11 is 0. The Kier molecular flexibility index (Phi) is 5.12. The molecule has 7 nitrogen and oxygen atoms in total. The quantitative estimate of drug-likeness (QED) is 0.813. The van der Waals surface area contributed by atoms with Crippen LogP contribution in [0.3, 0.4) is 0 Å². The number of carbonyl (C=O) groups excluding carboxylic acids is 3. The minimum absolute atomic E-state index is 0.129. The van der Waals surface area contributed by atoms with Crippen LogP contribution in [0.2, 0.25) is 0 Å². The van der Waals surface area contributed by atoms with Crippen LogP contribution in [-0.4, -0.2) is 30.9 Å². The second-order valence-corrected chi connectivity index (χ2v) is 5.53. The van der Waals surface area contributed by atoms with Crippen molar-refractivity contribution in [3.63, 3.8) is 0 Å². The van der Waals surface area contributed by atoms with Crippen molar-refractivity contribution in [2.24, 2.45) is 0 Å². The van der Waals surface area contributed by atoms with Crippen LogP contribution in [0.25, 0.3) is 0 Å². The van der Waals surface area contributed by atoms with E-state index in [1.807, 2.05) is 0 Å². The summed E-state index contributed by atoms with van der Waals surface area (Å²) in [7, 11) is 0. The smallest absolute Gasteiger partial charge is 0.272 e. The number of hydrogen-bond donors (Lipinski definition) is 2. The maximum absolute atomic E-state index is 13.6. The lowest BCUT2D eigenvalue weighted by Gasteiger charge is -2.21. The van der Waals surface area contributed by atoms with Crippen LogP contribution < -0.4 is 20.5 Å². The van der Waals surface area contributed by atoms with Crippen molar-refractivity contribution < 1.29 is 23.5 Å². The zero-order valence-electron chi connectivity index (χ0n) is 13.7. The fourth-order valence-electron chi connectivity index (χ4n) is 2.52. The molecule has 0 unspecified atom stereocenters. The molecule has 0 aliphatic carbocycles. The predicted octanol–water partition coefficient (Wildman–Crippen LogP) is 1.40. The molecule has 0 radical (unpaired) electrons. The number of nitrogens with one attached hydrogen (secondary N) is 2. The van der Waals surface area contributed by atoms with Crippen LogP contribution in [-0.2, 0) is 9.59 Å². The van der Waals surface area contributed by atoms with Gasteiger partial charge in [-0.25, -0.2) is 4.39 Å². The fraction of sp³-hybridized carbons (Fsp3) is 0.167. The van der Waals surface area contributed by atoms with E-state index in [0.717, 1.165) is 6.07 Å². The van der Waals surface area contributed by atoms with Gasteiger partial charge in [0.2, 0.25) is 5.91 Å². The summed E-state index contributed by atoms with van der Waals surface area (Å²) in [4.78, 5) is 37.6. The highest BCUT2D eigenvalue weighted by molar-refractivity contribution is 6.01. The second kappa shape index (κ2) is 7.64. The Balaban J connectivity index is 1.65. The topological polar surface area (TPSA) is 87.7 Å². The third kappa shape index (κ3) is 3.80. The number of amides is 3. The van der Waals surface area contributed by atoms with E-state index >= 15 is 0 Å².